The molecule has 0 spiro atoms. The minimum absolute atomic E-state index is 0.00394. The first-order valence-electron chi connectivity index (χ1n) is 6.96. The maximum absolute atomic E-state index is 12.4. The van der Waals surface area contributed by atoms with E-state index in [1.54, 1.807) is 11.8 Å². The lowest BCUT2D eigenvalue weighted by Crippen LogP contribution is -2.38. The van der Waals surface area contributed by atoms with Crippen molar-refractivity contribution >= 4 is 23.4 Å². The van der Waals surface area contributed by atoms with Crippen molar-refractivity contribution in [1.82, 2.24) is 0 Å². The van der Waals surface area contributed by atoms with E-state index in [4.69, 9.17) is 4.74 Å². The van der Waals surface area contributed by atoms with Crippen LogP contribution in [0.3, 0.4) is 0 Å². The molecule has 0 aliphatic carbocycles. The summed E-state index contributed by atoms with van der Waals surface area (Å²) in [6.45, 7) is 2.81. The molecule has 4 heteroatoms. The highest BCUT2D eigenvalue weighted by atomic mass is 32.2. The van der Waals surface area contributed by atoms with Crippen molar-refractivity contribution in [3.05, 3.63) is 54.1 Å². The molecular weight excluding hydrogens is 282 g/mol. The van der Waals surface area contributed by atoms with Gasteiger partial charge in [0.25, 0.3) is 5.91 Å². The summed E-state index contributed by atoms with van der Waals surface area (Å²) in [5.41, 5.74) is 2.12. The number of aryl methyl sites for hydroxylation is 1. The van der Waals surface area contributed by atoms with Crippen molar-refractivity contribution in [3.63, 3.8) is 0 Å². The third kappa shape index (κ3) is 3.22. The number of carbonyl (C=O) groups is 1. The normalized spacial score (nSPS) is 13.7. The van der Waals surface area contributed by atoms with Crippen molar-refractivity contribution in [2.24, 2.45) is 0 Å². The zero-order valence-corrected chi connectivity index (χ0v) is 12.7. The number of thioether (sulfide) groups is 1. The molecule has 0 saturated carbocycles. The van der Waals surface area contributed by atoms with Crippen molar-refractivity contribution in [2.75, 3.05) is 23.8 Å². The largest absolute Gasteiger partial charge is 0.484 e. The number of benzene rings is 2. The second kappa shape index (κ2) is 6.22. The fourth-order valence-electron chi connectivity index (χ4n) is 2.36. The van der Waals surface area contributed by atoms with Gasteiger partial charge >= 0.3 is 0 Å². The first-order chi connectivity index (χ1) is 10.2. The number of nitrogens with zero attached hydrogens (tertiary/aromatic N) is 1. The monoisotopic (exact) mass is 299 g/mol. The number of hydrogen-bond donors (Lipinski definition) is 0. The summed E-state index contributed by atoms with van der Waals surface area (Å²) < 4.78 is 5.62. The summed E-state index contributed by atoms with van der Waals surface area (Å²) in [7, 11) is 0. The van der Waals surface area contributed by atoms with Crippen LogP contribution in [-0.2, 0) is 4.79 Å². The van der Waals surface area contributed by atoms with E-state index >= 15 is 0 Å². The van der Waals surface area contributed by atoms with Crippen LogP contribution in [0.4, 0.5) is 5.69 Å². The average molecular weight is 299 g/mol. The Kier molecular flexibility index (Phi) is 4.15. The van der Waals surface area contributed by atoms with Gasteiger partial charge in [-0.25, -0.2) is 0 Å². The number of hydrogen-bond acceptors (Lipinski definition) is 3. The molecule has 0 bridgehead atoms. The standard InChI is InChI=1S/C17H17NO2S/c1-13-5-4-6-14(11-13)20-12-17(19)18-9-10-21-16-8-3-2-7-15(16)18/h2-8,11H,9-10,12H2,1H3. The van der Waals surface area contributed by atoms with Crippen LogP contribution in [0.1, 0.15) is 5.56 Å². The van der Waals surface area contributed by atoms with E-state index in [-0.39, 0.29) is 12.5 Å². The van der Waals surface area contributed by atoms with Crippen LogP contribution in [0.2, 0.25) is 0 Å². The van der Waals surface area contributed by atoms with E-state index in [0.29, 0.717) is 0 Å². The van der Waals surface area contributed by atoms with Crippen LogP contribution in [-0.4, -0.2) is 24.8 Å². The summed E-state index contributed by atoms with van der Waals surface area (Å²) in [5, 5.41) is 0. The fourth-order valence-corrected chi connectivity index (χ4v) is 3.35. The van der Waals surface area contributed by atoms with Crippen molar-refractivity contribution < 1.29 is 9.53 Å². The predicted molar refractivity (Wildman–Crippen MR) is 86.2 cm³/mol. The van der Waals surface area contributed by atoms with Crippen molar-refractivity contribution in [2.45, 2.75) is 11.8 Å². The van der Waals surface area contributed by atoms with Gasteiger partial charge in [0, 0.05) is 17.2 Å². The van der Waals surface area contributed by atoms with E-state index in [2.05, 4.69) is 6.07 Å². The van der Waals surface area contributed by atoms with Crippen molar-refractivity contribution in [1.29, 1.82) is 0 Å². The number of rotatable bonds is 3. The Labute approximate surface area is 128 Å². The summed E-state index contributed by atoms with van der Waals surface area (Å²) in [6.07, 6.45) is 0. The molecule has 0 N–H and O–H groups in total. The van der Waals surface area contributed by atoms with Gasteiger partial charge in [0.15, 0.2) is 6.61 Å². The van der Waals surface area contributed by atoms with Crippen molar-refractivity contribution in [3.8, 4) is 5.75 Å². The zero-order valence-electron chi connectivity index (χ0n) is 11.9. The molecule has 1 heterocycles. The van der Waals surface area contributed by atoms with Gasteiger partial charge in [0.1, 0.15) is 5.75 Å². The Morgan fingerprint density at radius 1 is 1.24 bits per heavy atom. The predicted octanol–water partition coefficient (Wildman–Crippen LogP) is 3.51. The molecule has 1 aliphatic heterocycles. The number of ether oxygens (including phenoxy) is 1. The third-order valence-electron chi connectivity index (χ3n) is 3.38. The molecule has 108 valence electrons. The molecule has 0 aromatic heterocycles. The van der Waals surface area contributed by atoms with E-state index < -0.39 is 0 Å². The van der Waals surface area contributed by atoms with Crippen LogP contribution >= 0.6 is 11.8 Å². The van der Waals surface area contributed by atoms with Gasteiger partial charge in [-0.15, -0.1) is 11.8 Å². The van der Waals surface area contributed by atoms with Gasteiger partial charge in [-0.1, -0.05) is 24.3 Å². The SMILES string of the molecule is Cc1cccc(OCC(=O)N2CCSc3ccccc32)c1. The third-order valence-corrected chi connectivity index (χ3v) is 4.42. The average Bonchev–Trinajstić information content (AvgIpc) is 2.52. The summed E-state index contributed by atoms with van der Waals surface area (Å²) in [5.74, 6) is 1.67. The van der Waals surface area contributed by atoms with Crippen LogP contribution in [0, 0.1) is 6.92 Å². The number of carbonyl (C=O) groups excluding carboxylic acids is 1. The molecule has 0 saturated heterocycles. The molecule has 0 fully saturated rings. The van der Waals surface area contributed by atoms with Crippen LogP contribution < -0.4 is 9.64 Å². The number of fused-ring (bicyclic) bond motifs is 1. The molecule has 21 heavy (non-hydrogen) atoms. The first kappa shape index (κ1) is 14.0. The zero-order chi connectivity index (χ0) is 14.7. The highest BCUT2D eigenvalue weighted by Gasteiger charge is 2.22. The molecule has 3 rings (SSSR count). The Hall–Kier alpha value is -1.94. The first-order valence-corrected chi connectivity index (χ1v) is 7.94. The Bertz CT molecular complexity index is 657. The topological polar surface area (TPSA) is 29.5 Å². The number of para-hydroxylation sites is 1. The maximum Gasteiger partial charge on any atom is 0.264 e. The van der Waals surface area contributed by atoms with Gasteiger partial charge in [-0.05, 0) is 36.8 Å². The molecular formula is C17H17NO2S. The minimum Gasteiger partial charge on any atom is -0.484 e. The smallest absolute Gasteiger partial charge is 0.264 e. The van der Waals surface area contributed by atoms with E-state index in [1.807, 2.05) is 54.3 Å². The highest BCUT2D eigenvalue weighted by molar-refractivity contribution is 7.99. The minimum atomic E-state index is 0.00394. The Morgan fingerprint density at radius 2 is 2.10 bits per heavy atom. The second-order valence-corrected chi connectivity index (χ2v) is 6.10. The van der Waals surface area contributed by atoms with Gasteiger partial charge in [-0.2, -0.15) is 0 Å². The van der Waals surface area contributed by atoms with E-state index in [9.17, 15) is 4.79 Å². The van der Waals surface area contributed by atoms with Crippen LogP contribution in [0.5, 0.6) is 5.75 Å². The molecule has 1 aliphatic rings. The molecule has 0 radical (unpaired) electrons. The number of amides is 1. The van der Waals surface area contributed by atoms with E-state index in [1.165, 1.54) is 0 Å². The molecule has 3 nitrogen and oxygen atoms in total. The molecule has 2 aromatic carbocycles. The van der Waals surface area contributed by atoms with Gasteiger partial charge < -0.3 is 9.64 Å². The maximum atomic E-state index is 12.4. The van der Waals surface area contributed by atoms with Crippen LogP contribution in [0.15, 0.2) is 53.4 Å². The molecule has 1 amide bonds. The summed E-state index contributed by atoms with van der Waals surface area (Å²) >= 11 is 1.79. The molecule has 0 unspecified atom stereocenters. The number of anilines is 1. The van der Waals surface area contributed by atoms with Gasteiger partial charge in [-0.3, -0.25) is 4.79 Å². The lowest BCUT2D eigenvalue weighted by Gasteiger charge is -2.28. The van der Waals surface area contributed by atoms with Gasteiger partial charge in [0.05, 0.1) is 5.69 Å². The summed E-state index contributed by atoms with van der Waals surface area (Å²) in [4.78, 5) is 15.4. The van der Waals surface area contributed by atoms with Crippen LogP contribution in [0.25, 0.3) is 0 Å². The Morgan fingerprint density at radius 3 is 2.95 bits per heavy atom. The molecule has 0 atom stereocenters. The molecule has 2 aromatic rings. The lowest BCUT2D eigenvalue weighted by atomic mass is 10.2. The van der Waals surface area contributed by atoms with E-state index in [0.717, 1.165) is 34.2 Å². The quantitative estimate of drug-likeness (QED) is 0.868. The lowest BCUT2D eigenvalue weighted by molar-refractivity contribution is -0.120. The summed E-state index contributed by atoms with van der Waals surface area (Å²) in [6, 6.07) is 15.8. The fraction of sp³-hybridized carbons (Fsp3) is 0.235. The Balaban J connectivity index is 1.69. The second-order valence-electron chi connectivity index (χ2n) is 4.97. The highest BCUT2D eigenvalue weighted by Crippen LogP contribution is 2.34. The van der Waals surface area contributed by atoms with Gasteiger partial charge in [0.2, 0.25) is 0 Å².